The van der Waals surface area contributed by atoms with E-state index in [9.17, 15) is 4.79 Å². The Morgan fingerprint density at radius 1 is 1.43 bits per heavy atom. The van der Waals surface area contributed by atoms with E-state index in [1.165, 1.54) is 11.3 Å². The summed E-state index contributed by atoms with van der Waals surface area (Å²) in [6.45, 7) is 6.45. The fraction of sp³-hybridized carbons (Fsp3) is 0.706. The Balaban J connectivity index is 2.06. The van der Waals surface area contributed by atoms with Crippen molar-refractivity contribution in [1.29, 1.82) is 0 Å². The zero-order chi connectivity index (χ0) is 15.4. The largest absolute Gasteiger partial charge is 0.375 e. The lowest BCUT2D eigenvalue weighted by Crippen LogP contribution is -2.47. The molecule has 4 heteroatoms. The molecule has 118 valence electrons. The van der Waals surface area contributed by atoms with E-state index in [-0.39, 0.29) is 30.0 Å². The van der Waals surface area contributed by atoms with Crippen LogP contribution in [0.15, 0.2) is 17.5 Å². The lowest BCUT2D eigenvalue weighted by molar-refractivity contribution is -0.0706. The third kappa shape index (κ3) is 3.93. The van der Waals surface area contributed by atoms with Crippen molar-refractivity contribution in [2.45, 2.75) is 64.7 Å². The van der Waals surface area contributed by atoms with Crippen LogP contribution in [0.5, 0.6) is 0 Å². The van der Waals surface area contributed by atoms with Crippen molar-refractivity contribution in [3.05, 3.63) is 22.4 Å². The topological polar surface area (TPSA) is 52.3 Å². The first-order valence-electron chi connectivity index (χ1n) is 8.05. The molecule has 1 unspecified atom stereocenters. The first kappa shape index (κ1) is 16.7. The molecular weight excluding hydrogens is 282 g/mol. The summed E-state index contributed by atoms with van der Waals surface area (Å²) in [7, 11) is 0. The van der Waals surface area contributed by atoms with Crippen molar-refractivity contribution in [2.75, 3.05) is 0 Å². The summed E-state index contributed by atoms with van der Waals surface area (Å²) >= 11 is 1.52. The molecular formula is C17H27NO2S. The van der Waals surface area contributed by atoms with E-state index >= 15 is 0 Å². The number of thiophene rings is 1. The van der Waals surface area contributed by atoms with Gasteiger partial charge in [-0.1, -0.05) is 26.8 Å². The standard InChI is InChI=1S/C17H27NO2S/c1-4-13(5-2)20-15-10-12(9-14(18)11(15)3)17(19)16-7-6-8-21-16/h6-8,11-15H,4-5,9-10,18H2,1-3H3/t11-,12?,14+,15-/m1/s1. The van der Waals surface area contributed by atoms with Crippen LogP contribution in [-0.4, -0.2) is 24.0 Å². The Kier molecular flexibility index (Phi) is 5.97. The molecule has 0 spiro atoms. The Labute approximate surface area is 131 Å². The van der Waals surface area contributed by atoms with E-state index in [0.29, 0.717) is 5.92 Å². The van der Waals surface area contributed by atoms with Crippen molar-refractivity contribution in [3.63, 3.8) is 0 Å². The van der Waals surface area contributed by atoms with Crippen LogP contribution in [0, 0.1) is 11.8 Å². The predicted octanol–water partition coefficient (Wildman–Crippen LogP) is 3.88. The van der Waals surface area contributed by atoms with Crippen LogP contribution in [-0.2, 0) is 4.74 Å². The summed E-state index contributed by atoms with van der Waals surface area (Å²) in [5, 5.41) is 1.96. The van der Waals surface area contributed by atoms with Gasteiger partial charge in [-0.2, -0.15) is 0 Å². The molecule has 1 heterocycles. The highest BCUT2D eigenvalue weighted by molar-refractivity contribution is 7.12. The highest BCUT2D eigenvalue weighted by Gasteiger charge is 2.38. The quantitative estimate of drug-likeness (QED) is 0.811. The molecule has 0 amide bonds. The van der Waals surface area contributed by atoms with Crippen LogP contribution in [0.25, 0.3) is 0 Å². The van der Waals surface area contributed by atoms with Gasteiger partial charge < -0.3 is 10.5 Å². The van der Waals surface area contributed by atoms with Crippen molar-refractivity contribution in [3.8, 4) is 0 Å². The van der Waals surface area contributed by atoms with E-state index < -0.39 is 0 Å². The number of hydrogen-bond acceptors (Lipinski definition) is 4. The molecule has 2 rings (SSSR count). The SMILES string of the molecule is CCC(CC)O[C@@H]1CC(C(=O)c2cccs2)C[C@H](N)[C@H]1C. The van der Waals surface area contributed by atoms with Gasteiger partial charge in [0.1, 0.15) is 0 Å². The smallest absolute Gasteiger partial charge is 0.176 e. The average Bonchev–Trinajstić information content (AvgIpc) is 3.02. The molecule has 1 aromatic rings. The molecule has 0 saturated heterocycles. The molecule has 1 aliphatic carbocycles. The van der Waals surface area contributed by atoms with E-state index in [4.69, 9.17) is 10.5 Å². The second-order valence-corrected chi connectivity index (χ2v) is 7.09. The Morgan fingerprint density at radius 2 is 2.14 bits per heavy atom. The van der Waals surface area contributed by atoms with Crippen molar-refractivity contribution < 1.29 is 9.53 Å². The number of hydrogen-bond donors (Lipinski definition) is 1. The van der Waals surface area contributed by atoms with Gasteiger partial charge in [-0.3, -0.25) is 4.79 Å². The Morgan fingerprint density at radius 3 is 2.71 bits per heavy atom. The number of ether oxygens (including phenoxy) is 1. The molecule has 2 N–H and O–H groups in total. The van der Waals surface area contributed by atoms with Gasteiger partial charge >= 0.3 is 0 Å². The molecule has 3 nitrogen and oxygen atoms in total. The van der Waals surface area contributed by atoms with Gasteiger partial charge in [-0.25, -0.2) is 0 Å². The summed E-state index contributed by atoms with van der Waals surface area (Å²) in [5.41, 5.74) is 6.28. The fourth-order valence-corrected chi connectivity index (χ4v) is 3.90. The first-order chi connectivity index (χ1) is 10.1. The zero-order valence-electron chi connectivity index (χ0n) is 13.2. The van der Waals surface area contributed by atoms with Gasteiger partial charge in [-0.05, 0) is 43.0 Å². The van der Waals surface area contributed by atoms with Crippen molar-refractivity contribution in [2.24, 2.45) is 17.6 Å². The van der Waals surface area contributed by atoms with Gasteiger partial charge in [0.25, 0.3) is 0 Å². The number of nitrogens with two attached hydrogens (primary N) is 1. The molecule has 1 aliphatic rings. The zero-order valence-corrected chi connectivity index (χ0v) is 14.1. The lowest BCUT2D eigenvalue weighted by atomic mass is 9.75. The monoisotopic (exact) mass is 309 g/mol. The first-order valence-corrected chi connectivity index (χ1v) is 8.93. The van der Waals surface area contributed by atoms with Gasteiger partial charge in [0.05, 0.1) is 17.1 Å². The summed E-state index contributed by atoms with van der Waals surface area (Å²) in [6.07, 6.45) is 3.99. The van der Waals surface area contributed by atoms with E-state index in [1.807, 2.05) is 17.5 Å². The van der Waals surface area contributed by atoms with E-state index in [2.05, 4.69) is 20.8 Å². The maximum Gasteiger partial charge on any atom is 0.176 e. The third-order valence-electron chi connectivity index (χ3n) is 4.75. The summed E-state index contributed by atoms with van der Waals surface area (Å²) in [5.74, 6) is 0.567. The minimum Gasteiger partial charge on any atom is -0.375 e. The number of Topliss-reactive ketones (excluding diaryl/α,β-unsaturated/α-hetero) is 1. The lowest BCUT2D eigenvalue weighted by Gasteiger charge is -2.39. The van der Waals surface area contributed by atoms with Crippen molar-refractivity contribution >= 4 is 17.1 Å². The van der Waals surface area contributed by atoms with E-state index in [1.54, 1.807) is 0 Å². The molecule has 0 bridgehead atoms. The number of rotatable bonds is 6. The summed E-state index contributed by atoms with van der Waals surface area (Å²) in [4.78, 5) is 13.4. The Bertz CT molecular complexity index is 442. The van der Waals surface area contributed by atoms with Crippen LogP contribution in [0.3, 0.4) is 0 Å². The molecule has 1 aromatic heterocycles. The normalized spacial score (nSPS) is 29.8. The van der Waals surface area contributed by atoms with Gasteiger partial charge in [-0.15, -0.1) is 11.3 Å². The van der Waals surface area contributed by atoms with Crippen LogP contribution < -0.4 is 5.73 Å². The second-order valence-electron chi connectivity index (χ2n) is 6.15. The third-order valence-corrected chi connectivity index (χ3v) is 5.63. The molecule has 1 fully saturated rings. The molecule has 4 atom stereocenters. The minimum atomic E-state index is 0.00853. The number of carbonyl (C=O) groups excluding carboxylic acids is 1. The van der Waals surface area contributed by atoms with Crippen LogP contribution in [0.1, 0.15) is 56.1 Å². The maximum atomic E-state index is 12.6. The highest BCUT2D eigenvalue weighted by Crippen LogP contribution is 2.34. The molecule has 0 aliphatic heterocycles. The maximum absolute atomic E-state index is 12.6. The van der Waals surface area contributed by atoms with Gasteiger partial charge in [0.15, 0.2) is 5.78 Å². The molecule has 0 radical (unpaired) electrons. The van der Waals surface area contributed by atoms with Crippen molar-refractivity contribution in [1.82, 2.24) is 0 Å². The highest BCUT2D eigenvalue weighted by atomic mass is 32.1. The second kappa shape index (κ2) is 7.52. The Hall–Kier alpha value is -0.710. The number of carbonyl (C=O) groups is 1. The van der Waals surface area contributed by atoms with Gasteiger partial charge in [0, 0.05) is 12.0 Å². The molecule has 21 heavy (non-hydrogen) atoms. The predicted molar refractivity (Wildman–Crippen MR) is 87.8 cm³/mol. The van der Waals surface area contributed by atoms with Crippen LogP contribution >= 0.6 is 11.3 Å². The van der Waals surface area contributed by atoms with Gasteiger partial charge in [0.2, 0.25) is 0 Å². The molecule has 1 saturated carbocycles. The van der Waals surface area contributed by atoms with E-state index in [0.717, 1.165) is 30.6 Å². The summed E-state index contributed by atoms with van der Waals surface area (Å²) < 4.78 is 6.24. The van der Waals surface area contributed by atoms with Crippen LogP contribution in [0.4, 0.5) is 0 Å². The number of ketones is 1. The minimum absolute atomic E-state index is 0.00853. The fourth-order valence-electron chi connectivity index (χ4n) is 3.15. The molecule has 0 aromatic carbocycles. The summed E-state index contributed by atoms with van der Waals surface area (Å²) in [6, 6.07) is 3.89. The average molecular weight is 309 g/mol. The van der Waals surface area contributed by atoms with Crippen LogP contribution in [0.2, 0.25) is 0 Å².